The monoisotopic (exact) mass is 168 g/mol. The molecule has 0 heterocycles. The number of hydrogen-bond donors (Lipinski definition) is 0. The minimum Gasteiger partial charge on any atom is -0.381 e. The normalized spacial score (nSPS) is 21.7. The van der Waals surface area contributed by atoms with Crippen molar-refractivity contribution in [2.24, 2.45) is 11.8 Å². The van der Waals surface area contributed by atoms with Gasteiger partial charge in [0.15, 0.2) is 0 Å². The Morgan fingerprint density at radius 2 is 2.00 bits per heavy atom. The van der Waals surface area contributed by atoms with Crippen molar-refractivity contribution in [3.63, 3.8) is 0 Å². The summed E-state index contributed by atoms with van der Waals surface area (Å²) >= 11 is 0. The molecule has 0 bridgehead atoms. The predicted octanol–water partition coefficient (Wildman–Crippen LogP) is 3.01. The Bertz CT molecular complexity index is 164. The molecule has 2 atom stereocenters. The van der Waals surface area contributed by atoms with Crippen LogP contribution in [0, 0.1) is 11.8 Å². The lowest BCUT2D eigenvalue weighted by Gasteiger charge is -2.19. The lowest BCUT2D eigenvalue weighted by molar-refractivity contribution is 0.0760. The van der Waals surface area contributed by atoms with Gasteiger partial charge in [0.2, 0.25) is 0 Å². The first kappa shape index (κ1) is 9.79. The van der Waals surface area contributed by atoms with E-state index in [-0.39, 0.29) is 0 Å². The first-order valence-corrected chi connectivity index (χ1v) is 4.83. The van der Waals surface area contributed by atoms with E-state index in [1.54, 1.807) is 7.11 Å². The summed E-state index contributed by atoms with van der Waals surface area (Å²) in [5, 5.41) is 0. The number of methoxy groups -OCH3 is 1. The van der Waals surface area contributed by atoms with Gasteiger partial charge in [0.05, 0.1) is 6.10 Å². The van der Waals surface area contributed by atoms with E-state index < -0.39 is 0 Å². The summed E-state index contributed by atoms with van der Waals surface area (Å²) in [6.07, 6.45) is 5.53. The third-order valence-electron chi connectivity index (χ3n) is 2.61. The van der Waals surface area contributed by atoms with Crippen molar-refractivity contribution in [3.8, 4) is 0 Å². The molecule has 1 heteroatoms. The molecule has 0 aromatic heterocycles. The summed E-state index contributed by atoms with van der Waals surface area (Å²) in [6.45, 7) is 6.50. The Balaban J connectivity index is 2.54. The van der Waals surface area contributed by atoms with E-state index in [9.17, 15) is 0 Å². The molecule has 0 radical (unpaired) electrons. The number of hydrogen-bond acceptors (Lipinski definition) is 1. The van der Waals surface area contributed by atoms with Crippen molar-refractivity contribution in [1.29, 1.82) is 0 Å². The van der Waals surface area contributed by atoms with Crippen LogP contribution in [0.15, 0.2) is 11.6 Å². The average molecular weight is 168 g/mol. The summed E-state index contributed by atoms with van der Waals surface area (Å²) in [6, 6.07) is 0. The first-order chi connectivity index (χ1) is 5.65. The Morgan fingerprint density at radius 1 is 1.42 bits per heavy atom. The number of allylic oxidation sites excluding steroid dienone is 1. The molecule has 1 fully saturated rings. The van der Waals surface area contributed by atoms with Gasteiger partial charge in [-0.15, -0.1) is 0 Å². The van der Waals surface area contributed by atoms with Gasteiger partial charge >= 0.3 is 0 Å². The van der Waals surface area contributed by atoms with Gasteiger partial charge in [0, 0.05) is 13.0 Å². The maximum absolute atomic E-state index is 5.37. The second kappa shape index (κ2) is 4.08. The van der Waals surface area contributed by atoms with Crippen LogP contribution in [0.5, 0.6) is 0 Å². The molecule has 0 saturated heterocycles. The average Bonchev–Trinajstić information content (AvgIpc) is 2.81. The Morgan fingerprint density at radius 3 is 2.33 bits per heavy atom. The van der Waals surface area contributed by atoms with E-state index >= 15 is 0 Å². The van der Waals surface area contributed by atoms with E-state index in [4.69, 9.17) is 4.74 Å². The van der Waals surface area contributed by atoms with Gasteiger partial charge in [0.1, 0.15) is 0 Å². The molecule has 70 valence electrons. The fraction of sp³-hybridized carbons (Fsp3) is 0.818. The highest BCUT2D eigenvalue weighted by molar-refractivity contribution is 5.04. The second-order valence-corrected chi connectivity index (χ2v) is 4.10. The van der Waals surface area contributed by atoms with Crippen LogP contribution in [0.25, 0.3) is 0 Å². The zero-order chi connectivity index (χ0) is 9.14. The van der Waals surface area contributed by atoms with Gasteiger partial charge < -0.3 is 4.74 Å². The van der Waals surface area contributed by atoms with E-state index in [1.807, 2.05) is 0 Å². The lowest BCUT2D eigenvalue weighted by atomic mass is 9.95. The smallest absolute Gasteiger partial charge is 0.0608 e. The van der Waals surface area contributed by atoms with Gasteiger partial charge in [0.25, 0.3) is 0 Å². The molecule has 1 nitrogen and oxygen atoms in total. The lowest BCUT2D eigenvalue weighted by Crippen LogP contribution is -2.19. The molecular formula is C11H20O. The van der Waals surface area contributed by atoms with Crippen LogP contribution in [0.3, 0.4) is 0 Å². The molecule has 0 aromatic rings. The molecule has 0 N–H and O–H groups in total. The molecule has 0 aliphatic heterocycles. The van der Waals surface area contributed by atoms with Crippen LogP contribution >= 0.6 is 0 Å². The topological polar surface area (TPSA) is 9.23 Å². The Labute approximate surface area is 75.8 Å². The van der Waals surface area contributed by atoms with Crippen molar-refractivity contribution < 1.29 is 4.74 Å². The summed E-state index contributed by atoms with van der Waals surface area (Å²) in [7, 11) is 1.80. The molecule has 1 rings (SSSR count). The Kier molecular flexibility index (Phi) is 3.33. The van der Waals surface area contributed by atoms with Gasteiger partial charge in [-0.3, -0.25) is 0 Å². The molecule has 1 saturated carbocycles. The summed E-state index contributed by atoms with van der Waals surface area (Å²) in [5.41, 5.74) is 1.41. The molecule has 1 aliphatic rings. The minimum absolute atomic E-state index is 0.382. The zero-order valence-electron chi connectivity index (χ0n) is 8.63. The van der Waals surface area contributed by atoms with Gasteiger partial charge in [-0.05, 0) is 39.5 Å². The highest BCUT2D eigenvalue weighted by Crippen LogP contribution is 2.40. The third kappa shape index (κ3) is 2.63. The van der Waals surface area contributed by atoms with Crippen molar-refractivity contribution in [1.82, 2.24) is 0 Å². The van der Waals surface area contributed by atoms with Crippen LogP contribution in [0.1, 0.15) is 33.6 Å². The molecule has 1 unspecified atom stereocenters. The highest BCUT2D eigenvalue weighted by atomic mass is 16.5. The summed E-state index contributed by atoms with van der Waals surface area (Å²) < 4.78 is 5.37. The van der Waals surface area contributed by atoms with Crippen LogP contribution in [-0.2, 0) is 4.74 Å². The maximum atomic E-state index is 5.37. The van der Waals surface area contributed by atoms with Crippen LogP contribution in [0.4, 0.5) is 0 Å². The van der Waals surface area contributed by atoms with Crippen molar-refractivity contribution in [3.05, 3.63) is 11.6 Å². The van der Waals surface area contributed by atoms with Crippen LogP contribution in [-0.4, -0.2) is 13.2 Å². The second-order valence-electron chi connectivity index (χ2n) is 4.10. The fourth-order valence-electron chi connectivity index (χ4n) is 1.68. The van der Waals surface area contributed by atoms with Crippen molar-refractivity contribution in [2.45, 2.75) is 39.7 Å². The molecule has 1 aliphatic carbocycles. The van der Waals surface area contributed by atoms with E-state index in [0.29, 0.717) is 12.0 Å². The molecule has 0 aromatic carbocycles. The summed E-state index contributed by atoms with van der Waals surface area (Å²) in [4.78, 5) is 0. The fourth-order valence-corrected chi connectivity index (χ4v) is 1.68. The maximum Gasteiger partial charge on any atom is 0.0608 e. The molecular weight excluding hydrogens is 148 g/mol. The predicted molar refractivity (Wildman–Crippen MR) is 52.1 cm³/mol. The van der Waals surface area contributed by atoms with E-state index in [0.717, 1.165) is 5.92 Å². The third-order valence-corrected chi connectivity index (χ3v) is 2.61. The van der Waals surface area contributed by atoms with Gasteiger partial charge in [-0.2, -0.15) is 0 Å². The zero-order valence-corrected chi connectivity index (χ0v) is 8.63. The summed E-state index contributed by atoms with van der Waals surface area (Å²) in [5.74, 6) is 1.55. The number of ether oxygens (including phenoxy) is 1. The first-order valence-electron chi connectivity index (χ1n) is 4.83. The Hall–Kier alpha value is -0.300. The highest BCUT2D eigenvalue weighted by Gasteiger charge is 2.33. The number of rotatable bonds is 4. The van der Waals surface area contributed by atoms with E-state index in [1.165, 1.54) is 18.4 Å². The van der Waals surface area contributed by atoms with Gasteiger partial charge in [-0.1, -0.05) is 11.6 Å². The van der Waals surface area contributed by atoms with Gasteiger partial charge in [-0.25, -0.2) is 0 Å². The van der Waals surface area contributed by atoms with Crippen molar-refractivity contribution >= 4 is 0 Å². The molecule has 0 amide bonds. The van der Waals surface area contributed by atoms with Crippen LogP contribution in [0.2, 0.25) is 0 Å². The SMILES string of the molecule is CO[C@@H](C)C(C=C(C)C)C1CC1. The quantitative estimate of drug-likeness (QED) is 0.586. The van der Waals surface area contributed by atoms with Crippen LogP contribution < -0.4 is 0 Å². The van der Waals surface area contributed by atoms with Crippen molar-refractivity contribution in [2.75, 3.05) is 7.11 Å². The minimum atomic E-state index is 0.382. The largest absolute Gasteiger partial charge is 0.381 e. The molecule has 12 heavy (non-hydrogen) atoms. The van der Waals surface area contributed by atoms with E-state index in [2.05, 4.69) is 26.8 Å². The standard InChI is InChI=1S/C11H20O/c1-8(2)7-11(9(3)12-4)10-5-6-10/h7,9-11H,5-6H2,1-4H3/t9-,11?/m0/s1. The molecule has 0 spiro atoms.